The second-order valence-corrected chi connectivity index (χ2v) is 14.2. The lowest BCUT2D eigenvalue weighted by atomic mass is 9.97. The lowest BCUT2D eigenvalue weighted by Gasteiger charge is -2.16. The lowest BCUT2D eigenvalue weighted by Crippen LogP contribution is -2.21. The Morgan fingerprint density at radius 2 is 1.10 bits per heavy atom. The minimum Gasteiger partial charge on any atom is -0.490 e. The molecule has 0 bridgehead atoms. The summed E-state index contributed by atoms with van der Waals surface area (Å²) >= 11 is 0. The molecule has 0 spiro atoms. The highest BCUT2D eigenvalue weighted by Crippen LogP contribution is 2.31. The molecule has 3 rings (SSSR count). The molecule has 0 amide bonds. The Kier molecular flexibility index (Phi) is 17.5. The first kappa shape index (κ1) is 41.0. The average Bonchev–Trinajstić information content (AvgIpc) is 3.14. The molecule has 0 aliphatic heterocycles. The van der Waals surface area contributed by atoms with Crippen LogP contribution in [0.5, 0.6) is 11.5 Å². The maximum absolute atomic E-state index is 13.4. The zero-order valence-electron chi connectivity index (χ0n) is 30.8. The Bertz CT molecular complexity index is 1650. The molecule has 278 valence electrons. The number of unbranched alkanes of at least 4 members (excludes halogenated alkanes) is 10. The Hall–Kier alpha value is -4.38. The van der Waals surface area contributed by atoms with Gasteiger partial charge in [0.25, 0.3) is 10.0 Å². The van der Waals surface area contributed by atoms with Crippen LogP contribution in [0.1, 0.15) is 128 Å². The minimum absolute atomic E-state index is 0.0242. The van der Waals surface area contributed by atoms with Crippen LogP contribution in [0.25, 0.3) is 0 Å². The van der Waals surface area contributed by atoms with Gasteiger partial charge in [0.15, 0.2) is 11.5 Å². The van der Waals surface area contributed by atoms with Crippen LogP contribution < -0.4 is 14.3 Å². The molecule has 10 nitrogen and oxygen atoms in total. The van der Waals surface area contributed by atoms with Gasteiger partial charge in [-0.3, -0.25) is 0 Å². The number of nitrogens with zero attached hydrogens (tertiary/aromatic N) is 1. The van der Waals surface area contributed by atoms with Gasteiger partial charge in [0.2, 0.25) is 0 Å². The molecular formula is C40H54N2O8S. The van der Waals surface area contributed by atoms with Gasteiger partial charge in [0.05, 0.1) is 49.2 Å². The van der Waals surface area contributed by atoms with Crippen LogP contribution in [0, 0.1) is 6.92 Å². The van der Waals surface area contributed by atoms with Gasteiger partial charge in [-0.25, -0.2) is 9.59 Å². The summed E-state index contributed by atoms with van der Waals surface area (Å²) in [7, 11) is -1.63. The maximum atomic E-state index is 13.4. The van der Waals surface area contributed by atoms with E-state index in [2.05, 4.69) is 23.8 Å². The summed E-state index contributed by atoms with van der Waals surface area (Å²) < 4.78 is 49.1. The summed E-state index contributed by atoms with van der Waals surface area (Å²) in [5.41, 5.74) is 1.89. The smallest absolute Gasteiger partial charge is 0.337 e. The number of methoxy groups -OCH3 is 2. The fourth-order valence-corrected chi connectivity index (χ4v) is 6.24. The molecule has 51 heavy (non-hydrogen) atoms. The van der Waals surface area contributed by atoms with E-state index in [0.717, 1.165) is 44.1 Å². The van der Waals surface area contributed by atoms with Crippen molar-refractivity contribution in [3.05, 3.63) is 88.5 Å². The van der Waals surface area contributed by atoms with E-state index in [1.54, 1.807) is 30.3 Å². The number of nitrogens with one attached hydrogen (secondary N) is 1. The van der Waals surface area contributed by atoms with Gasteiger partial charge in [-0.05, 0) is 68.3 Å². The lowest BCUT2D eigenvalue weighted by molar-refractivity contribution is 0.0599. The van der Waals surface area contributed by atoms with Crippen LogP contribution in [-0.2, 0) is 19.5 Å². The Morgan fingerprint density at radius 3 is 1.63 bits per heavy atom. The second kappa shape index (κ2) is 21.8. The molecule has 0 atom stereocenters. The predicted octanol–water partition coefficient (Wildman–Crippen LogP) is 8.78. The first-order valence-electron chi connectivity index (χ1n) is 18.0. The standard InChI is InChI=1S/C40H54N2O8S/c1-6-8-10-12-14-16-24-49-36-23-20-31(29-37(36)50-25-17-15-13-11-9-7-2)38(41-42-51(45,46)35-21-18-30(3)19-22-35)32-26-33(39(43)47-4)28-34(27-32)40(44)48-5/h18-23,26-29,42H,6-17,24-25H2,1-5H3/b41-38-. The van der Waals surface area contributed by atoms with Gasteiger partial charge in [-0.1, -0.05) is 95.8 Å². The molecular weight excluding hydrogens is 669 g/mol. The van der Waals surface area contributed by atoms with E-state index in [-0.39, 0.29) is 27.3 Å². The SMILES string of the molecule is CCCCCCCCOc1ccc(/C(=N/NS(=O)(=O)c2ccc(C)cc2)c2cc(C(=O)OC)cc(C(=O)OC)c2)cc1OCCCCCCCC. The molecule has 0 heterocycles. The fraction of sp³-hybridized carbons (Fsp3) is 0.475. The monoisotopic (exact) mass is 722 g/mol. The molecule has 3 aromatic carbocycles. The van der Waals surface area contributed by atoms with Gasteiger partial charge in [-0.2, -0.15) is 18.4 Å². The number of hydrogen-bond acceptors (Lipinski definition) is 9. The first-order valence-corrected chi connectivity index (χ1v) is 19.5. The first-order chi connectivity index (χ1) is 24.6. The highest BCUT2D eigenvalue weighted by atomic mass is 32.2. The van der Waals surface area contributed by atoms with Crippen molar-refractivity contribution >= 4 is 27.7 Å². The zero-order valence-corrected chi connectivity index (χ0v) is 31.6. The van der Waals surface area contributed by atoms with E-state index < -0.39 is 22.0 Å². The van der Waals surface area contributed by atoms with Crippen LogP contribution in [0.3, 0.4) is 0 Å². The van der Waals surface area contributed by atoms with Crippen LogP contribution in [0.4, 0.5) is 0 Å². The third-order valence-electron chi connectivity index (χ3n) is 8.39. The molecule has 11 heteroatoms. The molecule has 0 unspecified atom stereocenters. The number of benzene rings is 3. The van der Waals surface area contributed by atoms with Crippen molar-refractivity contribution < 1.29 is 37.0 Å². The van der Waals surface area contributed by atoms with Crippen molar-refractivity contribution in [1.82, 2.24) is 4.83 Å². The van der Waals surface area contributed by atoms with Gasteiger partial charge in [-0.15, -0.1) is 0 Å². The van der Waals surface area contributed by atoms with E-state index >= 15 is 0 Å². The van der Waals surface area contributed by atoms with Gasteiger partial charge < -0.3 is 18.9 Å². The quantitative estimate of drug-likeness (QED) is 0.0445. The average molecular weight is 723 g/mol. The number of aryl methyl sites for hydroxylation is 1. The van der Waals surface area contributed by atoms with E-state index in [1.807, 2.05) is 6.92 Å². The number of hydrazone groups is 1. The van der Waals surface area contributed by atoms with Crippen molar-refractivity contribution in [3.63, 3.8) is 0 Å². The number of carbonyl (C=O) groups excluding carboxylic acids is 2. The summed E-state index contributed by atoms with van der Waals surface area (Å²) in [5.74, 6) is -0.333. The van der Waals surface area contributed by atoms with E-state index in [0.29, 0.717) is 30.3 Å². The largest absolute Gasteiger partial charge is 0.490 e. The highest BCUT2D eigenvalue weighted by molar-refractivity contribution is 7.89. The number of ether oxygens (including phenoxy) is 4. The summed E-state index contributed by atoms with van der Waals surface area (Å²) in [4.78, 5) is 27.7. The van der Waals surface area contributed by atoms with E-state index in [1.165, 1.54) is 83.1 Å². The Morgan fingerprint density at radius 1 is 0.608 bits per heavy atom. The Labute approximate surface area is 304 Å². The third-order valence-corrected chi connectivity index (χ3v) is 9.61. The predicted molar refractivity (Wildman–Crippen MR) is 200 cm³/mol. The topological polar surface area (TPSA) is 130 Å². The number of sulfonamides is 1. The molecule has 0 aliphatic rings. The van der Waals surface area contributed by atoms with Crippen LogP contribution in [-0.4, -0.2) is 53.5 Å². The van der Waals surface area contributed by atoms with E-state index in [4.69, 9.17) is 18.9 Å². The van der Waals surface area contributed by atoms with Crippen molar-refractivity contribution in [1.29, 1.82) is 0 Å². The van der Waals surface area contributed by atoms with Crippen LogP contribution in [0.2, 0.25) is 0 Å². The summed E-state index contributed by atoms with van der Waals surface area (Å²) in [6.07, 6.45) is 13.4. The number of hydrogen-bond donors (Lipinski definition) is 1. The molecule has 3 aromatic rings. The summed E-state index contributed by atoms with van der Waals surface area (Å²) in [6.45, 7) is 7.25. The molecule has 0 saturated heterocycles. The number of esters is 2. The van der Waals surface area contributed by atoms with Crippen LogP contribution >= 0.6 is 0 Å². The van der Waals surface area contributed by atoms with Crippen molar-refractivity contribution in [2.45, 2.75) is 103 Å². The van der Waals surface area contributed by atoms with Gasteiger partial charge in [0, 0.05) is 11.1 Å². The zero-order chi connectivity index (χ0) is 37.1. The fourth-order valence-electron chi connectivity index (χ4n) is 5.42. The Balaban J connectivity index is 2.06. The summed E-state index contributed by atoms with van der Waals surface area (Å²) in [5, 5.41) is 4.39. The highest BCUT2D eigenvalue weighted by Gasteiger charge is 2.21. The van der Waals surface area contributed by atoms with Crippen molar-refractivity contribution in [2.75, 3.05) is 27.4 Å². The molecule has 0 aromatic heterocycles. The molecule has 0 fully saturated rings. The molecule has 1 N–H and O–H groups in total. The normalized spacial score (nSPS) is 11.6. The maximum Gasteiger partial charge on any atom is 0.337 e. The number of carbonyl (C=O) groups is 2. The van der Waals surface area contributed by atoms with Gasteiger partial charge >= 0.3 is 11.9 Å². The third kappa shape index (κ3) is 13.4. The van der Waals surface area contributed by atoms with Crippen molar-refractivity contribution in [2.24, 2.45) is 5.10 Å². The van der Waals surface area contributed by atoms with Crippen LogP contribution in [0.15, 0.2) is 70.7 Å². The minimum atomic E-state index is -4.10. The number of rotatable bonds is 23. The van der Waals surface area contributed by atoms with Gasteiger partial charge in [0.1, 0.15) is 0 Å². The molecule has 0 aliphatic carbocycles. The molecule has 0 radical (unpaired) electrons. The van der Waals surface area contributed by atoms with E-state index in [9.17, 15) is 18.0 Å². The summed E-state index contributed by atoms with van der Waals surface area (Å²) in [6, 6.07) is 16.0. The second-order valence-electron chi connectivity index (χ2n) is 12.5. The molecule has 0 saturated carbocycles. The van der Waals surface area contributed by atoms with Crippen molar-refractivity contribution in [3.8, 4) is 11.5 Å².